The molecule has 0 aromatic carbocycles. The highest BCUT2D eigenvalue weighted by atomic mass is 19.4. The summed E-state index contributed by atoms with van der Waals surface area (Å²) in [5, 5.41) is 4.20. The van der Waals surface area contributed by atoms with E-state index in [-0.39, 0.29) is 24.8 Å². The number of aromatic nitrogens is 2. The topological polar surface area (TPSA) is 43.8 Å². The van der Waals surface area contributed by atoms with Gasteiger partial charge in [0.25, 0.3) is 0 Å². The lowest BCUT2D eigenvalue weighted by atomic mass is 9.76. The van der Waals surface area contributed by atoms with Crippen LogP contribution in [0.15, 0.2) is 12.4 Å². The summed E-state index contributed by atoms with van der Waals surface area (Å²) in [6, 6.07) is -0.342. The average molecular weight is 289 g/mol. The fourth-order valence-electron chi connectivity index (χ4n) is 3.03. The van der Waals surface area contributed by atoms with Gasteiger partial charge in [-0.25, -0.2) is 0 Å². The van der Waals surface area contributed by atoms with Crippen molar-refractivity contribution in [1.82, 2.24) is 9.78 Å². The fourth-order valence-corrected chi connectivity index (χ4v) is 3.03. The highest BCUT2D eigenvalue weighted by Gasteiger charge is 2.43. The highest BCUT2D eigenvalue weighted by Crippen LogP contribution is 2.43. The molecule has 3 unspecified atom stereocenters. The molecule has 0 saturated heterocycles. The third kappa shape index (κ3) is 3.53. The Morgan fingerprint density at radius 1 is 1.45 bits per heavy atom. The van der Waals surface area contributed by atoms with Crippen molar-refractivity contribution in [2.24, 2.45) is 17.6 Å². The first kappa shape index (κ1) is 15.4. The summed E-state index contributed by atoms with van der Waals surface area (Å²) in [4.78, 5) is 0. The third-order valence-electron chi connectivity index (χ3n) is 4.18. The minimum atomic E-state index is -4.09. The van der Waals surface area contributed by atoms with Gasteiger partial charge < -0.3 is 5.73 Å². The van der Waals surface area contributed by atoms with E-state index in [1.807, 2.05) is 6.20 Å². The first-order valence-electron chi connectivity index (χ1n) is 7.26. The van der Waals surface area contributed by atoms with Crippen LogP contribution in [0, 0.1) is 11.8 Å². The van der Waals surface area contributed by atoms with Gasteiger partial charge in [0.15, 0.2) is 0 Å². The molecule has 0 aliphatic heterocycles. The number of alkyl halides is 3. The van der Waals surface area contributed by atoms with Gasteiger partial charge in [-0.2, -0.15) is 18.3 Å². The average Bonchev–Trinajstić information content (AvgIpc) is 2.86. The van der Waals surface area contributed by atoms with Crippen molar-refractivity contribution < 1.29 is 13.2 Å². The molecule has 1 heterocycles. The van der Waals surface area contributed by atoms with Gasteiger partial charge in [-0.1, -0.05) is 13.3 Å². The molecule has 1 aromatic heterocycles. The first-order chi connectivity index (χ1) is 9.41. The summed E-state index contributed by atoms with van der Waals surface area (Å²) in [6.45, 7) is 2.86. The number of halogens is 3. The zero-order valence-corrected chi connectivity index (χ0v) is 11.7. The Hall–Kier alpha value is -1.04. The summed E-state index contributed by atoms with van der Waals surface area (Å²) in [6.07, 6.45) is 2.19. The van der Waals surface area contributed by atoms with Crippen molar-refractivity contribution >= 4 is 0 Å². The van der Waals surface area contributed by atoms with E-state index in [4.69, 9.17) is 5.73 Å². The molecule has 1 fully saturated rings. The molecule has 114 valence electrons. The van der Waals surface area contributed by atoms with E-state index in [0.717, 1.165) is 24.9 Å². The van der Waals surface area contributed by atoms with Crippen LogP contribution < -0.4 is 5.73 Å². The zero-order chi connectivity index (χ0) is 14.8. The molecule has 0 bridgehead atoms. The molecule has 1 aliphatic rings. The van der Waals surface area contributed by atoms with Gasteiger partial charge in [0, 0.05) is 24.3 Å². The largest absolute Gasteiger partial charge is 0.391 e. The van der Waals surface area contributed by atoms with Gasteiger partial charge >= 0.3 is 6.18 Å². The molecule has 20 heavy (non-hydrogen) atoms. The van der Waals surface area contributed by atoms with Gasteiger partial charge in [-0.05, 0) is 31.6 Å². The lowest BCUT2D eigenvalue weighted by Gasteiger charge is -2.33. The Labute approximate surface area is 117 Å². The molecule has 2 N–H and O–H groups in total. The Bertz CT molecular complexity index is 428. The van der Waals surface area contributed by atoms with Crippen LogP contribution in [0.3, 0.4) is 0 Å². The van der Waals surface area contributed by atoms with Gasteiger partial charge in [0.1, 0.15) is 0 Å². The molecule has 1 saturated carbocycles. The molecule has 0 spiro atoms. The van der Waals surface area contributed by atoms with Crippen LogP contribution in [0.5, 0.6) is 0 Å². The maximum Gasteiger partial charge on any atom is 0.391 e. The SMILES string of the molecule is CCCn1cc(C(N)C2CCCC(C(F)(F)F)C2)cn1. The summed E-state index contributed by atoms with van der Waals surface area (Å²) in [5.74, 6) is -1.30. The normalized spacial score (nSPS) is 25.6. The van der Waals surface area contributed by atoms with Crippen LogP contribution in [0.2, 0.25) is 0 Å². The van der Waals surface area contributed by atoms with Crippen molar-refractivity contribution in [2.75, 3.05) is 0 Å². The second-order valence-electron chi connectivity index (χ2n) is 5.73. The van der Waals surface area contributed by atoms with E-state index in [0.29, 0.717) is 6.42 Å². The summed E-state index contributed by atoms with van der Waals surface area (Å²) >= 11 is 0. The van der Waals surface area contributed by atoms with Crippen molar-refractivity contribution in [3.8, 4) is 0 Å². The standard InChI is InChI=1S/C14H22F3N3/c1-2-6-20-9-11(8-19-20)13(18)10-4-3-5-12(7-10)14(15,16)17/h8-10,12-13H,2-7,18H2,1H3. The molecule has 1 aromatic rings. The molecule has 0 amide bonds. The third-order valence-corrected chi connectivity index (χ3v) is 4.18. The summed E-state index contributed by atoms with van der Waals surface area (Å²) in [5.41, 5.74) is 7.02. The monoisotopic (exact) mass is 289 g/mol. The van der Waals surface area contributed by atoms with E-state index in [9.17, 15) is 13.2 Å². The number of nitrogens with two attached hydrogens (primary N) is 1. The molecule has 6 heteroatoms. The van der Waals surface area contributed by atoms with Gasteiger partial charge in [0.05, 0.1) is 12.1 Å². The van der Waals surface area contributed by atoms with E-state index >= 15 is 0 Å². The molecule has 2 rings (SSSR count). The van der Waals surface area contributed by atoms with Crippen molar-refractivity contribution in [2.45, 2.75) is 57.8 Å². The lowest BCUT2D eigenvalue weighted by Crippen LogP contribution is -2.33. The highest BCUT2D eigenvalue weighted by molar-refractivity contribution is 5.11. The van der Waals surface area contributed by atoms with Crippen molar-refractivity contribution in [1.29, 1.82) is 0 Å². The number of aryl methyl sites for hydroxylation is 1. The lowest BCUT2D eigenvalue weighted by molar-refractivity contribution is -0.186. The van der Waals surface area contributed by atoms with Crippen LogP contribution in [0.4, 0.5) is 13.2 Å². The summed E-state index contributed by atoms with van der Waals surface area (Å²) < 4.78 is 40.3. The molecule has 0 radical (unpaired) electrons. The number of hydrogen-bond acceptors (Lipinski definition) is 2. The van der Waals surface area contributed by atoms with Crippen LogP contribution in [0.25, 0.3) is 0 Å². The van der Waals surface area contributed by atoms with Crippen LogP contribution in [-0.2, 0) is 6.54 Å². The molecular formula is C14H22F3N3. The van der Waals surface area contributed by atoms with Gasteiger partial charge in [-0.3, -0.25) is 4.68 Å². The van der Waals surface area contributed by atoms with Crippen molar-refractivity contribution in [3.63, 3.8) is 0 Å². The van der Waals surface area contributed by atoms with Crippen LogP contribution >= 0.6 is 0 Å². The minimum absolute atomic E-state index is 0.102. The Morgan fingerprint density at radius 3 is 2.85 bits per heavy atom. The Kier molecular flexibility index (Phi) is 4.73. The molecular weight excluding hydrogens is 267 g/mol. The van der Waals surface area contributed by atoms with E-state index < -0.39 is 12.1 Å². The number of nitrogens with zero attached hydrogens (tertiary/aromatic N) is 2. The smallest absolute Gasteiger partial charge is 0.324 e. The second-order valence-corrected chi connectivity index (χ2v) is 5.73. The quantitative estimate of drug-likeness (QED) is 0.919. The maximum absolute atomic E-state index is 12.8. The first-order valence-corrected chi connectivity index (χ1v) is 7.26. The maximum atomic E-state index is 12.8. The molecule has 3 nitrogen and oxygen atoms in total. The molecule has 3 atom stereocenters. The van der Waals surface area contributed by atoms with E-state index in [1.54, 1.807) is 10.9 Å². The zero-order valence-electron chi connectivity index (χ0n) is 11.7. The predicted molar refractivity (Wildman–Crippen MR) is 70.9 cm³/mol. The van der Waals surface area contributed by atoms with E-state index in [2.05, 4.69) is 12.0 Å². The predicted octanol–water partition coefficient (Wildman–Crippen LogP) is 3.66. The van der Waals surface area contributed by atoms with E-state index in [1.165, 1.54) is 0 Å². The molecule has 1 aliphatic carbocycles. The minimum Gasteiger partial charge on any atom is -0.324 e. The Balaban J connectivity index is 2.02. The number of hydrogen-bond donors (Lipinski definition) is 1. The fraction of sp³-hybridized carbons (Fsp3) is 0.786. The van der Waals surface area contributed by atoms with Crippen LogP contribution in [0.1, 0.15) is 50.6 Å². The Morgan fingerprint density at radius 2 is 2.20 bits per heavy atom. The number of rotatable bonds is 4. The van der Waals surface area contributed by atoms with Gasteiger partial charge in [0.2, 0.25) is 0 Å². The second kappa shape index (κ2) is 6.16. The summed E-state index contributed by atoms with van der Waals surface area (Å²) in [7, 11) is 0. The van der Waals surface area contributed by atoms with Crippen LogP contribution in [-0.4, -0.2) is 16.0 Å². The van der Waals surface area contributed by atoms with Crippen molar-refractivity contribution in [3.05, 3.63) is 18.0 Å². The van der Waals surface area contributed by atoms with Gasteiger partial charge in [-0.15, -0.1) is 0 Å².